The van der Waals surface area contributed by atoms with Crippen molar-refractivity contribution in [2.24, 2.45) is 0 Å². The number of nitrogen functional groups attached to an aromatic ring is 1. The van der Waals surface area contributed by atoms with Gasteiger partial charge < -0.3 is 41.6 Å². The molecule has 2 atom stereocenters. The highest BCUT2D eigenvalue weighted by molar-refractivity contribution is 5.95. The number of anilines is 2. The molecule has 3 aromatic rings. The van der Waals surface area contributed by atoms with Gasteiger partial charge in [-0.3, -0.25) is 24.2 Å². The van der Waals surface area contributed by atoms with Crippen LogP contribution < -0.4 is 26.8 Å². The lowest BCUT2D eigenvalue weighted by molar-refractivity contribution is -0.143. The normalized spacial score (nSPS) is 12.1. The van der Waals surface area contributed by atoms with Gasteiger partial charge in [0.2, 0.25) is 11.9 Å². The maximum Gasteiger partial charge on any atom is 0.326 e. The summed E-state index contributed by atoms with van der Waals surface area (Å²) in [5.41, 5.74) is 6.68. The number of rotatable bonds is 16. The summed E-state index contributed by atoms with van der Waals surface area (Å²) < 4.78 is 0. The lowest BCUT2D eigenvalue weighted by Gasteiger charge is -2.22. The number of nitrogens with zero attached hydrogens (tertiary/aromatic N) is 3. The average molecular weight is 611 g/mol. The molecule has 0 radical (unpaired) electrons. The number of terminal acetylenes is 1. The standard InChI is InChI=1S/C27H30N8O9/c1-2-10-35(11-9-14-12-30-22-21(14)24(40)34-27(28)33-22)15-3-4-16(29-13-15)23(39)32-18(26(43)44)5-7-19(36)31-17(25(41)42)6-8-20(37)38/h1,3-4,12-13,17-18H,5-11H2,(H,31,36)(H,32,39)(H,37,38)(H,41,42)(H,43,44)(H4,28,30,33,34,40)/t17-,18-/m0/s1. The second-order valence-corrected chi connectivity index (χ2v) is 9.56. The number of pyridine rings is 1. The third-order valence-corrected chi connectivity index (χ3v) is 6.46. The van der Waals surface area contributed by atoms with Gasteiger partial charge in [0.05, 0.1) is 23.8 Å². The molecular weight excluding hydrogens is 580 g/mol. The quantitative estimate of drug-likeness (QED) is 0.0934. The third kappa shape index (κ3) is 8.79. The lowest BCUT2D eigenvalue weighted by atomic mass is 10.1. The van der Waals surface area contributed by atoms with E-state index in [-0.39, 0.29) is 36.6 Å². The number of carbonyl (C=O) groups is 5. The van der Waals surface area contributed by atoms with Crippen LogP contribution >= 0.6 is 0 Å². The summed E-state index contributed by atoms with van der Waals surface area (Å²) in [5, 5.41) is 32.2. The Labute approximate surface area is 248 Å². The molecule has 3 rings (SSSR count). The van der Waals surface area contributed by atoms with Crippen molar-refractivity contribution in [2.75, 3.05) is 23.7 Å². The number of amides is 2. The Morgan fingerprint density at radius 2 is 1.73 bits per heavy atom. The molecule has 0 fully saturated rings. The van der Waals surface area contributed by atoms with E-state index in [1.807, 2.05) is 0 Å². The second-order valence-electron chi connectivity index (χ2n) is 9.56. The van der Waals surface area contributed by atoms with Crippen molar-refractivity contribution in [1.82, 2.24) is 30.6 Å². The molecule has 0 saturated heterocycles. The van der Waals surface area contributed by atoms with Gasteiger partial charge in [-0.2, -0.15) is 4.98 Å². The number of aromatic amines is 2. The van der Waals surface area contributed by atoms with Gasteiger partial charge in [-0.25, -0.2) is 14.6 Å². The molecule has 2 amide bonds. The minimum absolute atomic E-state index is 0.0147. The zero-order chi connectivity index (χ0) is 32.4. The summed E-state index contributed by atoms with van der Waals surface area (Å²) in [7, 11) is 0. The summed E-state index contributed by atoms with van der Waals surface area (Å²) in [6.07, 6.45) is 7.29. The summed E-state index contributed by atoms with van der Waals surface area (Å²) in [5.74, 6) is -3.24. The molecule has 0 saturated carbocycles. The number of hydrogen-bond acceptors (Lipinski definition) is 10. The van der Waals surface area contributed by atoms with Gasteiger partial charge >= 0.3 is 17.9 Å². The topological polar surface area (TPSA) is 274 Å². The number of carboxylic acid groups (broad SMARTS) is 3. The Kier molecular flexibility index (Phi) is 11.0. The Morgan fingerprint density at radius 3 is 2.34 bits per heavy atom. The Hall–Kier alpha value is -5.92. The minimum Gasteiger partial charge on any atom is -0.481 e. The van der Waals surface area contributed by atoms with Crippen molar-refractivity contribution in [3.05, 3.63) is 46.1 Å². The lowest BCUT2D eigenvalue weighted by Crippen LogP contribution is -2.44. The van der Waals surface area contributed by atoms with E-state index >= 15 is 0 Å². The molecule has 0 aliphatic rings. The molecule has 0 unspecified atom stereocenters. The highest BCUT2D eigenvalue weighted by Gasteiger charge is 2.25. The van der Waals surface area contributed by atoms with Crippen molar-refractivity contribution in [3.63, 3.8) is 0 Å². The van der Waals surface area contributed by atoms with Gasteiger partial charge in [-0.1, -0.05) is 5.92 Å². The van der Waals surface area contributed by atoms with Crippen LogP contribution in [0, 0.1) is 12.3 Å². The van der Waals surface area contributed by atoms with Crippen LogP contribution in [0.4, 0.5) is 11.6 Å². The highest BCUT2D eigenvalue weighted by Crippen LogP contribution is 2.17. The summed E-state index contributed by atoms with van der Waals surface area (Å²) in [6.45, 7) is 0.551. The predicted molar refractivity (Wildman–Crippen MR) is 155 cm³/mol. The van der Waals surface area contributed by atoms with Crippen LogP contribution in [-0.4, -0.2) is 90.2 Å². The maximum atomic E-state index is 12.7. The van der Waals surface area contributed by atoms with E-state index in [2.05, 4.69) is 36.5 Å². The Balaban J connectivity index is 1.61. The summed E-state index contributed by atoms with van der Waals surface area (Å²) >= 11 is 0. The smallest absolute Gasteiger partial charge is 0.326 e. The number of aromatic nitrogens is 4. The van der Waals surface area contributed by atoms with E-state index in [1.54, 1.807) is 17.2 Å². The molecule has 3 aromatic heterocycles. The monoisotopic (exact) mass is 610 g/mol. The number of fused-ring (bicyclic) bond motifs is 1. The van der Waals surface area contributed by atoms with Crippen LogP contribution in [0.3, 0.4) is 0 Å². The summed E-state index contributed by atoms with van der Waals surface area (Å²) in [6, 6.07) is -0.0348. The van der Waals surface area contributed by atoms with Crippen LogP contribution in [0.5, 0.6) is 0 Å². The first-order valence-electron chi connectivity index (χ1n) is 13.2. The first kappa shape index (κ1) is 32.6. The number of nitrogens with one attached hydrogen (secondary N) is 4. The molecule has 17 nitrogen and oxygen atoms in total. The zero-order valence-electron chi connectivity index (χ0n) is 23.2. The van der Waals surface area contributed by atoms with Crippen molar-refractivity contribution < 1.29 is 39.3 Å². The van der Waals surface area contributed by atoms with Crippen LogP contribution in [0.2, 0.25) is 0 Å². The fraction of sp³-hybridized carbons (Fsp3) is 0.333. The van der Waals surface area contributed by atoms with E-state index in [4.69, 9.17) is 22.4 Å². The zero-order valence-corrected chi connectivity index (χ0v) is 23.2. The molecular formula is C27H30N8O9. The van der Waals surface area contributed by atoms with E-state index in [1.165, 1.54) is 12.3 Å². The second kappa shape index (κ2) is 14.8. The average Bonchev–Trinajstić information content (AvgIpc) is 3.38. The van der Waals surface area contributed by atoms with E-state index in [9.17, 15) is 33.9 Å². The van der Waals surface area contributed by atoms with Crippen LogP contribution in [0.25, 0.3) is 11.0 Å². The Bertz CT molecular complexity index is 1640. The largest absolute Gasteiger partial charge is 0.481 e. The molecule has 17 heteroatoms. The van der Waals surface area contributed by atoms with Crippen molar-refractivity contribution in [1.29, 1.82) is 0 Å². The van der Waals surface area contributed by atoms with Gasteiger partial charge in [0.15, 0.2) is 0 Å². The molecule has 0 bridgehead atoms. The first-order chi connectivity index (χ1) is 20.9. The third-order valence-electron chi connectivity index (χ3n) is 6.46. The van der Waals surface area contributed by atoms with Gasteiger partial charge in [-0.05, 0) is 37.0 Å². The van der Waals surface area contributed by atoms with Crippen LogP contribution in [0.15, 0.2) is 29.3 Å². The van der Waals surface area contributed by atoms with Gasteiger partial charge in [0.1, 0.15) is 23.4 Å². The molecule has 44 heavy (non-hydrogen) atoms. The van der Waals surface area contributed by atoms with Crippen LogP contribution in [0.1, 0.15) is 41.7 Å². The molecule has 0 spiro atoms. The molecule has 232 valence electrons. The minimum atomic E-state index is -1.50. The van der Waals surface area contributed by atoms with Crippen LogP contribution in [-0.2, 0) is 25.6 Å². The molecule has 9 N–H and O–H groups in total. The van der Waals surface area contributed by atoms with E-state index in [0.717, 1.165) is 0 Å². The maximum absolute atomic E-state index is 12.7. The van der Waals surface area contributed by atoms with Crippen molar-refractivity contribution >= 4 is 52.4 Å². The van der Waals surface area contributed by atoms with Gasteiger partial charge in [-0.15, -0.1) is 6.42 Å². The van der Waals surface area contributed by atoms with Crippen molar-refractivity contribution in [2.45, 2.75) is 44.2 Å². The molecule has 3 heterocycles. The number of hydrogen-bond donors (Lipinski definition) is 8. The number of carbonyl (C=O) groups excluding carboxylic acids is 2. The molecule has 0 aromatic carbocycles. The number of carboxylic acids is 3. The molecule has 0 aliphatic carbocycles. The fourth-order valence-corrected chi connectivity index (χ4v) is 4.25. The summed E-state index contributed by atoms with van der Waals surface area (Å²) in [4.78, 5) is 86.2. The number of nitrogens with two attached hydrogens (primary N) is 1. The highest BCUT2D eigenvalue weighted by atomic mass is 16.4. The molecule has 0 aliphatic heterocycles. The van der Waals surface area contributed by atoms with Gasteiger partial charge in [0.25, 0.3) is 11.5 Å². The van der Waals surface area contributed by atoms with E-state index < -0.39 is 54.6 Å². The SMILES string of the molecule is C#CCN(CCc1c[nH]c2nc(N)[nH]c(=O)c12)c1ccc(C(=O)N[C@@H](CCC(=O)N[C@@H](CCC(=O)O)C(=O)O)C(=O)O)nc1. The van der Waals surface area contributed by atoms with Gasteiger partial charge in [0, 0.05) is 25.6 Å². The van der Waals surface area contributed by atoms with Crippen molar-refractivity contribution in [3.8, 4) is 12.3 Å². The Morgan fingerprint density at radius 1 is 1.05 bits per heavy atom. The fourth-order valence-electron chi connectivity index (χ4n) is 4.25. The first-order valence-corrected chi connectivity index (χ1v) is 13.2. The number of aliphatic carboxylic acids is 3. The van der Waals surface area contributed by atoms with E-state index in [0.29, 0.717) is 35.2 Å². The predicted octanol–water partition coefficient (Wildman–Crippen LogP) is -0.692. The number of H-pyrrole nitrogens is 2.